The van der Waals surface area contributed by atoms with E-state index in [1.165, 1.54) is 0 Å². The Labute approximate surface area is 187 Å². The monoisotopic (exact) mass is 440 g/mol. The number of anilines is 1. The summed E-state index contributed by atoms with van der Waals surface area (Å²) in [5.74, 6) is 2.23. The van der Waals surface area contributed by atoms with E-state index >= 15 is 0 Å². The molecule has 0 spiro atoms. The summed E-state index contributed by atoms with van der Waals surface area (Å²) in [7, 11) is 4.68. The molecule has 0 aliphatic carbocycles. The molecule has 0 unspecified atom stereocenters. The Morgan fingerprint density at radius 3 is 2.44 bits per heavy atom. The smallest absolute Gasteiger partial charge is 0.246 e. The van der Waals surface area contributed by atoms with Crippen LogP contribution in [0.5, 0.6) is 17.2 Å². The van der Waals surface area contributed by atoms with Gasteiger partial charge in [-0.05, 0) is 35.8 Å². The van der Waals surface area contributed by atoms with E-state index in [1.807, 2.05) is 6.20 Å². The number of ether oxygens (including phenoxy) is 4. The Bertz CT molecular complexity index is 979. The van der Waals surface area contributed by atoms with Crippen molar-refractivity contribution < 1.29 is 23.7 Å². The molecule has 9 heteroatoms. The van der Waals surface area contributed by atoms with Crippen molar-refractivity contribution in [2.45, 2.75) is 13.0 Å². The maximum Gasteiger partial charge on any atom is 0.246 e. The summed E-state index contributed by atoms with van der Waals surface area (Å²) in [5, 5.41) is 0. The molecule has 3 heterocycles. The fourth-order valence-electron chi connectivity index (χ4n) is 3.87. The summed E-state index contributed by atoms with van der Waals surface area (Å²) in [6.45, 7) is 4.00. The number of aromatic nitrogens is 2. The van der Waals surface area contributed by atoms with E-state index in [0.29, 0.717) is 49.5 Å². The molecule has 32 heavy (non-hydrogen) atoms. The summed E-state index contributed by atoms with van der Waals surface area (Å²) >= 11 is 0. The van der Waals surface area contributed by atoms with E-state index < -0.39 is 0 Å². The summed E-state index contributed by atoms with van der Waals surface area (Å²) < 4.78 is 21.5. The van der Waals surface area contributed by atoms with Gasteiger partial charge < -0.3 is 28.7 Å². The highest BCUT2D eigenvalue weighted by molar-refractivity contribution is 5.92. The average molecular weight is 441 g/mol. The summed E-state index contributed by atoms with van der Waals surface area (Å²) in [5.41, 5.74) is 2.78. The SMILES string of the molecule is COc1cc(C=CC(=O)N2CCc3cnc(N4CCOCC4)nc3C2)cc(OC)c1OC. The summed E-state index contributed by atoms with van der Waals surface area (Å²) in [4.78, 5) is 26.1. The van der Waals surface area contributed by atoms with Crippen LogP contribution >= 0.6 is 0 Å². The predicted octanol–water partition coefficient (Wildman–Crippen LogP) is 1.94. The van der Waals surface area contributed by atoms with Crippen LogP contribution in [0.1, 0.15) is 16.8 Å². The van der Waals surface area contributed by atoms with E-state index in [4.69, 9.17) is 23.9 Å². The molecule has 2 aliphatic heterocycles. The van der Waals surface area contributed by atoms with E-state index in [1.54, 1.807) is 50.5 Å². The zero-order valence-corrected chi connectivity index (χ0v) is 18.7. The minimum Gasteiger partial charge on any atom is -0.493 e. The van der Waals surface area contributed by atoms with Gasteiger partial charge in [0.25, 0.3) is 0 Å². The zero-order valence-electron chi connectivity index (χ0n) is 18.7. The number of methoxy groups -OCH3 is 3. The maximum absolute atomic E-state index is 12.9. The van der Waals surface area contributed by atoms with Crippen LogP contribution in [-0.2, 0) is 22.5 Å². The average Bonchev–Trinajstić information content (AvgIpc) is 2.86. The molecule has 0 saturated carbocycles. The topological polar surface area (TPSA) is 86.3 Å². The van der Waals surface area contributed by atoms with Gasteiger partial charge in [-0.25, -0.2) is 9.97 Å². The van der Waals surface area contributed by atoms with Crippen molar-refractivity contribution in [2.75, 3.05) is 59.1 Å². The third-order valence-electron chi connectivity index (χ3n) is 5.64. The Kier molecular flexibility index (Phi) is 6.75. The number of benzene rings is 1. The highest BCUT2D eigenvalue weighted by Gasteiger charge is 2.23. The van der Waals surface area contributed by atoms with E-state index in [0.717, 1.165) is 36.3 Å². The zero-order chi connectivity index (χ0) is 22.5. The number of carbonyl (C=O) groups is 1. The molecule has 0 atom stereocenters. The molecular weight excluding hydrogens is 412 g/mol. The lowest BCUT2D eigenvalue weighted by Crippen LogP contribution is -2.39. The van der Waals surface area contributed by atoms with Crippen LogP contribution < -0.4 is 19.1 Å². The van der Waals surface area contributed by atoms with Gasteiger partial charge in [0.05, 0.1) is 46.8 Å². The Hall–Kier alpha value is -3.33. The molecule has 0 N–H and O–H groups in total. The fourth-order valence-corrected chi connectivity index (χ4v) is 3.87. The van der Waals surface area contributed by atoms with Gasteiger partial charge in [-0.2, -0.15) is 0 Å². The Morgan fingerprint density at radius 2 is 1.78 bits per heavy atom. The molecule has 170 valence electrons. The first kappa shape index (κ1) is 21.9. The molecular formula is C23H28N4O5. The molecule has 4 rings (SSSR count). The lowest BCUT2D eigenvalue weighted by molar-refractivity contribution is -0.126. The molecule has 1 fully saturated rings. The van der Waals surface area contributed by atoms with Crippen molar-refractivity contribution in [1.29, 1.82) is 0 Å². The fraction of sp³-hybridized carbons (Fsp3) is 0.435. The van der Waals surface area contributed by atoms with Gasteiger partial charge in [0.2, 0.25) is 17.6 Å². The van der Waals surface area contributed by atoms with Crippen molar-refractivity contribution in [3.05, 3.63) is 41.2 Å². The lowest BCUT2D eigenvalue weighted by atomic mass is 10.1. The lowest BCUT2D eigenvalue weighted by Gasteiger charge is -2.30. The second-order valence-corrected chi connectivity index (χ2v) is 7.54. The number of hydrogen-bond donors (Lipinski definition) is 0. The summed E-state index contributed by atoms with van der Waals surface area (Å²) in [6.07, 6.45) is 5.94. The van der Waals surface area contributed by atoms with Crippen molar-refractivity contribution in [2.24, 2.45) is 0 Å². The van der Waals surface area contributed by atoms with Gasteiger partial charge in [-0.15, -0.1) is 0 Å². The van der Waals surface area contributed by atoms with E-state index in [2.05, 4.69) is 9.88 Å². The first-order valence-corrected chi connectivity index (χ1v) is 10.6. The third kappa shape index (κ3) is 4.62. The van der Waals surface area contributed by atoms with Gasteiger partial charge in [-0.3, -0.25) is 4.79 Å². The van der Waals surface area contributed by atoms with Crippen molar-refractivity contribution >= 4 is 17.9 Å². The van der Waals surface area contributed by atoms with Crippen molar-refractivity contribution in [3.8, 4) is 17.2 Å². The molecule has 0 radical (unpaired) electrons. The van der Waals surface area contributed by atoms with Crippen LogP contribution in [0.15, 0.2) is 24.4 Å². The standard InChI is InChI=1S/C23H28N4O5/c1-29-19-12-16(13-20(30-2)22(19)31-3)4-5-21(28)27-7-6-17-14-24-23(25-18(17)15-27)26-8-10-32-11-9-26/h4-5,12-14H,6-11,15H2,1-3H3. The summed E-state index contributed by atoms with van der Waals surface area (Å²) in [6, 6.07) is 3.61. The maximum atomic E-state index is 12.9. The molecule has 1 saturated heterocycles. The molecule has 2 aromatic rings. The van der Waals surface area contributed by atoms with Gasteiger partial charge in [0, 0.05) is 31.9 Å². The second kappa shape index (κ2) is 9.86. The van der Waals surface area contributed by atoms with E-state index in [-0.39, 0.29) is 5.91 Å². The Balaban J connectivity index is 1.48. The molecule has 2 aliphatic rings. The Morgan fingerprint density at radius 1 is 1.06 bits per heavy atom. The minimum atomic E-state index is -0.0732. The normalized spacial score (nSPS) is 16.1. The van der Waals surface area contributed by atoms with Crippen LogP contribution in [-0.4, -0.2) is 75.0 Å². The highest BCUT2D eigenvalue weighted by atomic mass is 16.5. The van der Waals surface area contributed by atoms with Crippen molar-refractivity contribution in [3.63, 3.8) is 0 Å². The number of hydrogen-bond acceptors (Lipinski definition) is 8. The van der Waals surface area contributed by atoms with Crippen molar-refractivity contribution in [1.82, 2.24) is 14.9 Å². The molecule has 0 bridgehead atoms. The van der Waals surface area contributed by atoms with E-state index in [9.17, 15) is 4.79 Å². The highest BCUT2D eigenvalue weighted by Crippen LogP contribution is 2.38. The van der Waals surface area contributed by atoms with Crippen LogP contribution in [0.4, 0.5) is 5.95 Å². The van der Waals surface area contributed by atoms with Gasteiger partial charge in [-0.1, -0.05) is 0 Å². The van der Waals surface area contributed by atoms with Gasteiger partial charge in [0.1, 0.15) is 0 Å². The molecule has 1 aromatic heterocycles. The predicted molar refractivity (Wildman–Crippen MR) is 119 cm³/mol. The third-order valence-corrected chi connectivity index (χ3v) is 5.64. The number of fused-ring (bicyclic) bond motifs is 1. The van der Waals surface area contributed by atoms with Gasteiger partial charge in [0.15, 0.2) is 11.5 Å². The number of carbonyl (C=O) groups excluding carboxylic acids is 1. The minimum absolute atomic E-state index is 0.0732. The van der Waals surface area contributed by atoms with Crippen LogP contribution in [0.2, 0.25) is 0 Å². The number of morpholine rings is 1. The number of amides is 1. The van der Waals surface area contributed by atoms with Gasteiger partial charge >= 0.3 is 0 Å². The quantitative estimate of drug-likeness (QED) is 0.630. The van der Waals surface area contributed by atoms with Crippen LogP contribution in [0.25, 0.3) is 6.08 Å². The first-order chi connectivity index (χ1) is 15.6. The van der Waals surface area contributed by atoms with Crippen LogP contribution in [0, 0.1) is 0 Å². The molecule has 1 aromatic carbocycles. The number of nitrogens with zero attached hydrogens (tertiary/aromatic N) is 4. The largest absolute Gasteiger partial charge is 0.493 e. The van der Waals surface area contributed by atoms with Crippen LogP contribution in [0.3, 0.4) is 0 Å². The molecule has 9 nitrogen and oxygen atoms in total. The second-order valence-electron chi connectivity index (χ2n) is 7.54. The molecule has 1 amide bonds. The first-order valence-electron chi connectivity index (χ1n) is 10.6. The number of rotatable bonds is 6.